The minimum atomic E-state index is -4.35. The first-order chi connectivity index (χ1) is 13.9. The smallest absolute Gasteiger partial charge is 0.369 e. The number of alkyl halides is 3. The van der Waals surface area contributed by atoms with Crippen LogP contribution in [0.3, 0.4) is 0 Å². The summed E-state index contributed by atoms with van der Waals surface area (Å²) in [6.45, 7) is 2.35. The van der Waals surface area contributed by atoms with E-state index in [1.54, 1.807) is 6.07 Å². The largest absolute Gasteiger partial charge is 0.416 e. The second-order valence-corrected chi connectivity index (χ2v) is 7.67. The fraction of sp³-hybridized carbons (Fsp3) is 0.409. The summed E-state index contributed by atoms with van der Waals surface area (Å²) >= 11 is 0. The predicted molar refractivity (Wildman–Crippen MR) is 106 cm³/mol. The monoisotopic (exact) mass is 403 g/mol. The molecule has 1 atom stereocenters. The van der Waals surface area contributed by atoms with Crippen molar-refractivity contribution in [2.24, 2.45) is 0 Å². The van der Waals surface area contributed by atoms with Crippen LogP contribution >= 0.6 is 0 Å². The molecule has 1 amide bonds. The van der Waals surface area contributed by atoms with Crippen LogP contribution in [0.2, 0.25) is 0 Å². The van der Waals surface area contributed by atoms with Crippen molar-refractivity contribution in [3.63, 3.8) is 0 Å². The van der Waals surface area contributed by atoms with Gasteiger partial charge in [0.1, 0.15) is 6.04 Å². The number of benzene rings is 2. The zero-order valence-corrected chi connectivity index (χ0v) is 16.0. The maximum Gasteiger partial charge on any atom is 0.416 e. The Bertz CT molecular complexity index is 844. The summed E-state index contributed by atoms with van der Waals surface area (Å²) in [7, 11) is 0. The highest BCUT2D eigenvalue weighted by Crippen LogP contribution is 2.32. The number of carbonyl (C=O) groups excluding carboxylic acids is 1. The number of halogens is 3. The molecule has 1 unspecified atom stereocenters. The van der Waals surface area contributed by atoms with Gasteiger partial charge in [0.15, 0.2) is 0 Å². The molecule has 154 valence electrons. The summed E-state index contributed by atoms with van der Waals surface area (Å²) in [4.78, 5) is 17.0. The van der Waals surface area contributed by atoms with Crippen molar-refractivity contribution in [2.75, 3.05) is 31.1 Å². The van der Waals surface area contributed by atoms with Crippen molar-refractivity contribution < 1.29 is 18.0 Å². The summed E-state index contributed by atoms with van der Waals surface area (Å²) in [6.07, 6.45) is -2.30. The van der Waals surface area contributed by atoms with Crippen LogP contribution in [0, 0.1) is 0 Å². The van der Waals surface area contributed by atoms with Gasteiger partial charge < -0.3 is 10.2 Å². The van der Waals surface area contributed by atoms with Gasteiger partial charge in [0.25, 0.3) is 0 Å². The second-order valence-electron chi connectivity index (χ2n) is 7.67. The summed E-state index contributed by atoms with van der Waals surface area (Å²) < 4.78 is 39.1. The second kappa shape index (κ2) is 8.06. The lowest BCUT2D eigenvalue weighted by atomic mass is 10.0. The third-order valence-electron chi connectivity index (χ3n) is 5.51. The zero-order valence-electron chi connectivity index (χ0n) is 16.0. The van der Waals surface area contributed by atoms with Crippen molar-refractivity contribution in [3.8, 4) is 0 Å². The summed E-state index contributed by atoms with van der Waals surface area (Å²) in [6, 6.07) is 15.0. The number of nitrogens with one attached hydrogen (secondary N) is 1. The van der Waals surface area contributed by atoms with Crippen LogP contribution in [0.1, 0.15) is 30.0 Å². The Morgan fingerprint density at radius 2 is 1.66 bits per heavy atom. The van der Waals surface area contributed by atoms with E-state index in [1.165, 1.54) is 12.1 Å². The van der Waals surface area contributed by atoms with Gasteiger partial charge in [-0.15, -0.1) is 0 Å². The molecule has 1 heterocycles. The summed E-state index contributed by atoms with van der Waals surface area (Å²) in [5, 5.41) is 3.10. The molecule has 0 bridgehead atoms. The molecule has 0 aromatic heterocycles. The molecular weight excluding hydrogens is 379 g/mol. The maximum absolute atomic E-state index is 13.0. The topological polar surface area (TPSA) is 35.6 Å². The minimum absolute atomic E-state index is 0.00576. The van der Waals surface area contributed by atoms with Gasteiger partial charge in [-0.1, -0.05) is 36.4 Å². The van der Waals surface area contributed by atoms with Crippen molar-refractivity contribution >= 4 is 11.6 Å². The van der Waals surface area contributed by atoms with E-state index in [0.29, 0.717) is 31.9 Å². The van der Waals surface area contributed by atoms with Gasteiger partial charge in [0, 0.05) is 37.9 Å². The highest BCUT2D eigenvalue weighted by molar-refractivity contribution is 5.83. The van der Waals surface area contributed by atoms with Crippen LogP contribution in [0.15, 0.2) is 54.6 Å². The molecule has 2 aromatic carbocycles. The average molecular weight is 403 g/mol. The van der Waals surface area contributed by atoms with Crippen LogP contribution in [0.5, 0.6) is 0 Å². The molecular formula is C22H24F3N3O. The van der Waals surface area contributed by atoms with Crippen LogP contribution in [0.25, 0.3) is 0 Å². The summed E-state index contributed by atoms with van der Waals surface area (Å²) in [5.41, 5.74) is 0.875. The Balaban J connectivity index is 1.47. The Labute approximate surface area is 168 Å². The summed E-state index contributed by atoms with van der Waals surface area (Å²) in [5.74, 6) is 0.00576. The number of anilines is 1. The van der Waals surface area contributed by atoms with Crippen LogP contribution in [-0.4, -0.2) is 43.0 Å². The molecule has 1 saturated heterocycles. The van der Waals surface area contributed by atoms with Gasteiger partial charge in [0.2, 0.25) is 5.91 Å². The molecule has 1 aliphatic carbocycles. The molecule has 2 aliphatic rings. The third kappa shape index (κ3) is 4.72. The fourth-order valence-corrected chi connectivity index (χ4v) is 3.79. The molecule has 4 rings (SSSR count). The Morgan fingerprint density at radius 1 is 0.966 bits per heavy atom. The molecule has 1 saturated carbocycles. The van der Waals surface area contributed by atoms with E-state index in [9.17, 15) is 18.0 Å². The molecule has 1 aliphatic heterocycles. The quantitative estimate of drug-likeness (QED) is 0.824. The molecule has 29 heavy (non-hydrogen) atoms. The lowest BCUT2D eigenvalue weighted by Crippen LogP contribution is -2.51. The number of hydrogen-bond acceptors (Lipinski definition) is 3. The van der Waals surface area contributed by atoms with E-state index in [0.717, 1.165) is 24.5 Å². The highest BCUT2D eigenvalue weighted by Gasteiger charge is 2.34. The number of amides is 1. The van der Waals surface area contributed by atoms with E-state index in [-0.39, 0.29) is 18.0 Å². The number of piperazine rings is 1. The van der Waals surface area contributed by atoms with Crippen molar-refractivity contribution in [2.45, 2.75) is 31.1 Å². The molecule has 1 N–H and O–H groups in total. The van der Waals surface area contributed by atoms with Gasteiger partial charge in [0.05, 0.1) is 5.56 Å². The SMILES string of the molecule is O=C(NC1CC1)C(c1ccccc1)N1CCN(c2cccc(C(F)(F)F)c2)CC1. The van der Waals surface area contributed by atoms with Gasteiger partial charge in [-0.2, -0.15) is 13.2 Å². The molecule has 4 nitrogen and oxygen atoms in total. The van der Waals surface area contributed by atoms with Crippen molar-refractivity contribution in [3.05, 3.63) is 65.7 Å². The van der Waals surface area contributed by atoms with E-state index < -0.39 is 11.7 Å². The Kier molecular flexibility index (Phi) is 5.50. The first-order valence-electron chi connectivity index (χ1n) is 9.93. The van der Waals surface area contributed by atoms with Crippen molar-refractivity contribution in [1.82, 2.24) is 10.2 Å². The van der Waals surface area contributed by atoms with E-state index in [2.05, 4.69) is 10.2 Å². The lowest BCUT2D eigenvalue weighted by Gasteiger charge is -2.40. The highest BCUT2D eigenvalue weighted by atomic mass is 19.4. The average Bonchev–Trinajstić information content (AvgIpc) is 3.53. The van der Waals surface area contributed by atoms with Crippen LogP contribution in [0.4, 0.5) is 18.9 Å². The Hall–Kier alpha value is -2.54. The standard InChI is InChI=1S/C22H24F3N3O/c23-22(24,25)17-7-4-8-19(15-17)27-11-13-28(14-12-27)20(16-5-2-1-3-6-16)21(29)26-18-9-10-18/h1-8,15,18,20H,9-14H2,(H,26,29). The normalized spacial score (nSPS) is 19.1. The van der Waals surface area contributed by atoms with Gasteiger partial charge in [-0.3, -0.25) is 9.69 Å². The van der Waals surface area contributed by atoms with Gasteiger partial charge >= 0.3 is 6.18 Å². The third-order valence-corrected chi connectivity index (χ3v) is 5.51. The molecule has 2 fully saturated rings. The fourth-order valence-electron chi connectivity index (χ4n) is 3.79. The first-order valence-corrected chi connectivity index (χ1v) is 9.93. The number of carbonyl (C=O) groups is 1. The van der Waals surface area contributed by atoms with E-state index in [4.69, 9.17) is 0 Å². The Morgan fingerprint density at radius 3 is 2.28 bits per heavy atom. The number of nitrogens with zero attached hydrogens (tertiary/aromatic N) is 2. The lowest BCUT2D eigenvalue weighted by molar-refractivity contribution is -0.137. The van der Waals surface area contributed by atoms with Crippen LogP contribution in [-0.2, 0) is 11.0 Å². The molecule has 7 heteroatoms. The minimum Gasteiger partial charge on any atom is -0.369 e. The predicted octanol–water partition coefficient (Wildman–Crippen LogP) is 3.85. The molecule has 0 radical (unpaired) electrons. The van der Waals surface area contributed by atoms with Crippen LogP contribution < -0.4 is 10.2 Å². The first kappa shape index (κ1) is 19.8. The maximum atomic E-state index is 13.0. The molecule has 0 spiro atoms. The molecule has 2 aromatic rings. The number of hydrogen-bond donors (Lipinski definition) is 1. The zero-order chi connectivity index (χ0) is 20.4. The van der Waals surface area contributed by atoms with Crippen molar-refractivity contribution in [1.29, 1.82) is 0 Å². The van der Waals surface area contributed by atoms with E-state index >= 15 is 0 Å². The van der Waals surface area contributed by atoms with E-state index in [1.807, 2.05) is 35.2 Å². The van der Waals surface area contributed by atoms with Gasteiger partial charge in [-0.05, 0) is 36.6 Å². The number of rotatable bonds is 5. The van der Waals surface area contributed by atoms with Gasteiger partial charge in [-0.25, -0.2) is 0 Å².